The van der Waals surface area contributed by atoms with Gasteiger partial charge >= 0.3 is 6.18 Å². The maximum Gasteiger partial charge on any atom is 0.410 e. The Morgan fingerprint density at radius 3 is 2.58 bits per heavy atom. The highest BCUT2D eigenvalue weighted by Gasteiger charge is 2.46. The molecule has 0 saturated carbocycles. The molecule has 0 fully saturated rings. The lowest BCUT2D eigenvalue weighted by molar-refractivity contribution is -0.173. The summed E-state index contributed by atoms with van der Waals surface area (Å²) < 4.78 is 40.3. The number of fused-ring (bicyclic) bond motifs is 1. The maximum atomic E-state index is 13.1. The van der Waals surface area contributed by atoms with Gasteiger partial charge in [0, 0.05) is 12.5 Å². The summed E-state index contributed by atoms with van der Waals surface area (Å²) in [7, 11) is 0. The van der Waals surface area contributed by atoms with Gasteiger partial charge < -0.3 is 5.32 Å². The molecule has 2 unspecified atom stereocenters. The predicted octanol–water partition coefficient (Wildman–Crippen LogP) is 3.54. The fourth-order valence-electron chi connectivity index (χ4n) is 2.41. The molecule has 3 rings (SSSR count). The van der Waals surface area contributed by atoms with E-state index in [4.69, 9.17) is 0 Å². The van der Waals surface area contributed by atoms with Gasteiger partial charge in [-0.1, -0.05) is 30.3 Å². The molecular formula is C13H12F3N3. The molecule has 1 aromatic heterocycles. The number of halogens is 3. The second-order valence-electron chi connectivity index (χ2n) is 4.56. The first-order valence-electron chi connectivity index (χ1n) is 5.97. The Labute approximate surface area is 108 Å². The smallest absolute Gasteiger partial charge is 0.363 e. The van der Waals surface area contributed by atoms with Crippen LogP contribution >= 0.6 is 0 Å². The summed E-state index contributed by atoms with van der Waals surface area (Å²) >= 11 is 0. The summed E-state index contributed by atoms with van der Waals surface area (Å²) in [5, 5.41) is 6.86. The molecule has 0 radical (unpaired) electrons. The van der Waals surface area contributed by atoms with Crippen molar-refractivity contribution in [2.24, 2.45) is 0 Å². The quantitative estimate of drug-likeness (QED) is 0.856. The Bertz CT molecular complexity index is 562. The minimum atomic E-state index is -4.30. The summed E-state index contributed by atoms with van der Waals surface area (Å²) in [6.45, 7) is 0. The van der Waals surface area contributed by atoms with Crippen LogP contribution in [-0.4, -0.2) is 16.0 Å². The molecule has 2 aromatic rings. The first-order valence-corrected chi connectivity index (χ1v) is 5.97. The second kappa shape index (κ2) is 4.29. The third-order valence-electron chi connectivity index (χ3n) is 3.33. The van der Waals surface area contributed by atoms with Crippen LogP contribution in [0.2, 0.25) is 0 Å². The van der Waals surface area contributed by atoms with Crippen molar-refractivity contribution in [2.45, 2.75) is 24.7 Å². The SMILES string of the molecule is FC(F)(F)C1CC(c2ccccc2)Nc2ccnn21. The molecule has 1 N–H and O–H groups in total. The Balaban J connectivity index is 1.97. The Morgan fingerprint density at radius 1 is 1.16 bits per heavy atom. The monoisotopic (exact) mass is 267 g/mol. The van der Waals surface area contributed by atoms with Gasteiger partial charge in [0.25, 0.3) is 0 Å². The van der Waals surface area contributed by atoms with Crippen molar-refractivity contribution in [1.82, 2.24) is 9.78 Å². The van der Waals surface area contributed by atoms with Gasteiger partial charge in [-0.15, -0.1) is 0 Å². The molecule has 0 bridgehead atoms. The van der Waals surface area contributed by atoms with Crippen molar-refractivity contribution in [2.75, 3.05) is 5.32 Å². The number of nitrogens with one attached hydrogen (secondary N) is 1. The van der Waals surface area contributed by atoms with Gasteiger partial charge in [0.15, 0.2) is 6.04 Å². The Morgan fingerprint density at radius 2 is 1.89 bits per heavy atom. The van der Waals surface area contributed by atoms with Gasteiger partial charge in [0.05, 0.1) is 12.2 Å². The van der Waals surface area contributed by atoms with E-state index in [0.717, 1.165) is 10.2 Å². The van der Waals surface area contributed by atoms with Gasteiger partial charge in [-0.25, -0.2) is 4.68 Å². The van der Waals surface area contributed by atoms with Crippen molar-refractivity contribution >= 4 is 5.82 Å². The highest BCUT2D eigenvalue weighted by molar-refractivity contribution is 5.41. The van der Waals surface area contributed by atoms with Crippen LogP contribution in [0, 0.1) is 0 Å². The van der Waals surface area contributed by atoms with Crippen LogP contribution in [-0.2, 0) is 0 Å². The highest BCUT2D eigenvalue weighted by Crippen LogP contribution is 2.42. The van der Waals surface area contributed by atoms with Crippen molar-refractivity contribution in [3.8, 4) is 0 Å². The Kier molecular flexibility index (Phi) is 2.73. The normalized spacial score (nSPS) is 22.7. The largest absolute Gasteiger partial charge is 0.410 e. The topological polar surface area (TPSA) is 29.9 Å². The zero-order valence-electron chi connectivity index (χ0n) is 9.93. The predicted molar refractivity (Wildman–Crippen MR) is 64.7 cm³/mol. The third kappa shape index (κ3) is 2.18. The molecule has 0 saturated heterocycles. The number of anilines is 1. The zero-order valence-corrected chi connectivity index (χ0v) is 9.93. The van der Waals surface area contributed by atoms with Crippen LogP contribution in [0.1, 0.15) is 24.1 Å². The van der Waals surface area contributed by atoms with Gasteiger partial charge in [0.1, 0.15) is 5.82 Å². The molecule has 3 nitrogen and oxygen atoms in total. The second-order valence-corrected chi connectivity index (χ2v) is 4.56. The van der Waals surface area contributed by atoms with E-state index in [1.165, 1.54) is 6.20 Å². The lowest BCUT2D eigenvalue weighted by Gasteiger charge is -2.33. The number of alkyl halides is 3. The van der Waals surface area contributed by atoms with E-state index >= 15 is 0 Å². The van der Waals surface area contributed by atoms with Gasteiger partial charge in [-0.3, -0.25) is 0 Å². The van der Waals surface area contributed by atoms with Gasteiger partial charge in [0.2, 0.25) is 0 Å². The molecule has 0 amide bonds. The van der Waals surface area contributed by atoms with Gasteiger partial charge in [-0.2, -0.15) is 18.3 Å². The molecule has 19 heavy (non-hydrogen) atoms. The zero-order chi connectivity index (χ0) is 13.5. The van der Waals surface area contributed by atoms with E-state index in [1.54, 1.807) is 6.07 Å². The van der Waals surface area contributed by atoms with E-state index < -0.39 is 12.2 Å². The highest BCUT2D eigenvalue weighted by atomic mass is 19.4. The summed E-state index contributed by atoms with van der Waals surface area (Å²) in [6, 6.07) is 8.79. The van der Waals surface area contributed by atoms with E-state index in [-0.39, 0.29) is 12.5 Å². The molecule has 0 aliphatic carbocycles. The van der Waals surface area contributed by atoms with Crippen LogP contribution in [0.25, 0.3) is 0 Å². The molecular weight excluding hydrogens is 255 g/mol. The van der Waals surface area contributed by atoms with Gasteiger partial charge in [-0.05, 0) is 5.56 Å². The molecule has 1 aliphatic heterocycles. The number of benzene rings is 1. The average molecular weight is 267 g/mol. The van der Waals surface area contributed by atoms with Crippen molar-refractivity contribution in [3.05, 3.63) is 48.2 Å². The van der Waals surface area contributed by atoms with E-state index in [0.29, 0.717) is 5.82 Å². The van der Waals surface area contributed by atoms with Crippen molar-refractivity contribution in [1.29, 1.82) is 0 Å². The standard InChI is InChI=1S/C13H12F3N3/c14-13(15,16)11-8-10(9-4-2-1-3-5-9)18-12-6-7-17-19(11)12/h1-7,10-11,18H,8H2. The minimum absolute atomic E-state index is 0.0534. The van der Waals surface area contributed by atoms with Crippen LogP contribution in [0.3, 0.4) is 0 Å². The lowest BCUT2D eigenvalue weighted by Crippen LogP contribution is -2.35. The number of nitrogens with zero attached hydrogens (tertiary/aromatic N) is 2. The first kappa shape index (κ1) is 12.1. The molecule has 2 atom stereocenters. The first-order chi connectivity index (χ1) is 9.05. The fourth-order valence-corrected chi connectivity index (χ4v) is 2.41. The average Bonchev–Trinajstić information content (AvgIpc) is 2.85. The van der Waals surface area contributed by atoms with Crippen LogP contribution in [0.15, 0.2) is 42.6 Å². The number of rotatable bonds is 1. The van der Waals surface area contributed by atoms with Crippen LogP contribution in [0.5, 0.6) is 0 Å². The maximum absolute atomic E-state index is 13.1. The molecule has 1 aliphatic rings. The molecule has 100 valence electrons. The summed E-state index contributed by atoms with van der Waals surface area (Å²) in [4.78, 5) is 0. The lowest BCUT2D eigenvalue weighted by atomic mass is 9.97. The van der Waals surface area contributed by atoms with Crippen molar-refractivity contribution < 1.29 is 13.2 Å². The fraction of sp³-hybridized carbons (Fsp3) is 0.308. The Hall–Kier alpha value is -1.98. The summed E-state index contributed by atoms with van der Waals surface area (Å²) in [5.74, 6) is 0.405. The molecule has 2 heterocycles. The third-order valence-corrected chi connectivity index (χ3v) is 3.33. The minimum Gasteiger partial charge on any atom is -0.363 e. The van der Waals surface area contributed by atoms with E-state index in [2.05, 4.69) is 10.4 Å². The van der Waals surface area contributed by atoms with E-state index in [1.807, 2.05) is 30.3 Å². The summed E-state index contributed by atoms with van der Waals surface area (Å²) in [5.41, 5.74) is 0.851. The molecule has 0 spiro atoms. The van der Waals surface area contributed by atoms with Crippen molar-refractivity contribution in [3.63, 3.8) is 0 Å². The summed E-state index contributed by atoms with van der Waals surface area (Å²) in [6.07, 6.45) is -2.97. The molecule has 1 aromatic carbocycles. The number of hydrogen-bond donors (Lipinski definition) is 1. The number of aromatic nitrogens is 2. The van der Waals surface area contributed by atoms with Crippen LogP contribution < -0.4 is 5.32 Å². The number of hydrogen-bond acceptors (Lipinski definition) is 2. The molecule has 6 heteroatoms. The van der Waals surface area contributed by atoms with E-state index in [9.17, 15) is 13.2 Å². The van der Waals surface area contributed by atoms with Crippen LogP contribution in [0.4, 0.5) is 19.0 Å².